The lowest BCUT2D eigenvalue weighted by Crippen LogP contribution is -2.54. The van der Waals surface area contributed by atoms with Crippen LogP contribution in [0.1, 0.15) is 6.92 Å². The maximum absolute atomic E-state index is 12.7. The zero-order chi connectivity index (χ0) is 17.2. The van der Waals surface area contributed by atoms with Crippen molar-refractivity contribution in [3.63, 3.8) is 0 Å². The number of rotatable bonds is 4. The monoisotopic (exact) mass is 359 g/mol. The van der Waals surface area contributed by atoms with Gasteiger partial charge in [0.05, 0.1) is 11.9 Å². The number of amides is 1. The number of halogens is 1. The van der Waals surface area contributed by atoms with Crippen molar-refractivity contribution in [2.75, 3.05) is 43.8 Å². The fraction of sp³-hybridized carbons (Fsp3) is 0.533. The smallest absolute Gasteiger partial charge is 0.246 e. The van der Waals surface area contributed by atoms with Crippen molar-refractivity contribution in [2.24, 2.45) is 0 Å². The number of sulfonamides is 1. The summed E-state index contributed by atoms with van der Waals surface area (Å²) in [6.45, 7) is 4.39. The molecule has 0 aliphatic carbocycles. The van der Waals surface area contributed by atoms with Crippen LogP contribution < -0.4 is 4.31 Å². The molecule has 2 rings (SSSR count). The van der Waals surface area contributed by atoms with E-state index >= 15 is 0 Å². The van der Waals surface area contributed by atoms with Gasteiger partial charge in [-0.3, -0.25) is 9.10 Å². The molecule has 1 aromatic carbocycles. The van der Waals surface area contributed by atoms with E-state index in [9.17, 15) is 13.2 Å². The number of likely N-dealkylation sites (N-methyl/N-ethyl adjacent to an activating group) is 1. The van der Waals surface area contributed by atoms with Crippen molar-refractivity contribution in [1.82, 2.24) is 9.80 Å². The summed E-state index contributed by atoms with van der Waals surface area (Å²) >= 11 is 5.97. The third kappa shape index (κ3) is 4.37. The number of hydrogen-bond donors (Lipinski definition) is 0. The highest BCUT2D eigenvalue weighted by molar-refractivity contribution is 7.92. The van der Waals surface area contributed by atoms with Crippen LogP contribution in [0.2, 0.25) is 5.02 Å². The standard InChI is InChI=1S/C15H22ClN3O3S/c1-12(15(20)18-9-7-17(2)8-10-18)19(23(3,21)22)14-6-4-5-13(16)11-14/h4-6,11-12H,7-10H2,1-3H3. The number of anilines is 1. The first-order valence-corrected chi connectivity index (χ1v) is 9.65. The van der Waals surface area contributed by atoms with Crippen molar-refractivity contribution in [3.8, 4) is 0 Å². The Kier molecular flexibility index (Phi) is 5.54. The number of hydrogen-bond acceptors (Lipinski definition) is 4. The highest BCUT2D eigenvalue weighted by Crippen LogP contribution is 2.25. The third-order valence-electron chi connectivity index (χ3n) is 3.94. The van der Waals surface area contributed by atoms with Crippen LogP contribution in [0.3, 0.4) is 0 Å². The Bertz CT molecular complexity index is 672. The first-order valence-electron chi connectivity index (χ1n) is 7.42. The fourth-order valence-corrected chi connectivity index (χ4v) is 4.05. The molecule has 1 fully saturated rings. The molecule has 1 aliphatic rings. The summed E-state index contributed by atoms with van der Waals surface area (Å²) in [6.07, 6.45) is 1.10. The maximum Gasteiger partial charge on any atom is 0.246 e. The van der Waals surface area contributed by atoms with Crippen LogP contribution in [0.25, 0.3) is 0 Å². The van der Waals surface area contributed by atoms with Gasteiger partial charge in [0.25, 0.3) is 0 Å². The molecule has 0 saturated carbocycles. The molecule has 1 saturated heterocycles. The first kappa shape index (κ1) is 18.0. The Labute approximate surface area is 142 Å². The summed E-state index contributed by atoms with van der Waals surface area (Å²) in [6, 6.07) is 5.71. The molecule has 1 amide bonds. The lowest BCUT2D eigenvalue weighted by molar-refractivity contribution is -0.133. The number of piperazine rings is 1. The van der Waals surface area contributed by atoms with Gasteiger partial charge in [0, 0.05) is 31.2 Å². The van der Waals surface area contributed by atoms with Crippen molar-refractivity contribution >= 4 is 33.2 Å². The Balaban J connectivity index is 2.27. The lowest BCUT2D eigenvalue weighted by Gasteiger charge is -2.36. The van der Waals surface area contributed by atoms with E-state index in [-0.39, 0.29) is 5.91 Å². The zero-order valence-corrected chi connectivity index (χ0v) is 15.1. The Morgan fingerprint density at radius 3 is 2.39 bits per heavy atom. The summed E-state index contributed by atoms with van der Waals surface area (Å²) in [7, 11) is -1.61. The van der Waals surface area contributed by atoms with Crippen LogP contribution in [0.5, 0.6) is 0 Å². The van der Waals surface area contributed by atoms with E-state index in [2.05, 4.69) is 4.90 Å². The molecule has 0 aromatic heterocycles. The second kappa shape index (κ2) is 7.07. The second-order valence-electron chi connectivity index (χ2n) is 5.84. The first-order chi connectivity index (χ1) is 10.7. The summed E-state index contributed by atoms with van der Waals surface area (Å²) in [4.78, 5) is 16.6. The summed E-state index contributed by atoms with van der Waals surface area (Å²) < 4.78 is 25.6. The normalized spacial score (nSPS) is 17.8. The average molecular weight is 360 g/mol. The molecule has 128 valence electrons. The Morgan fingerprint density at radius 2 is 1.87 bits per heavy atom. The van der Waals surface area contributed by atoms with Crippen LogP contribution in [-0.2, 0) is 14.8 Å². The van der Waals surface area contributed by atoms with E-state index in [4.69, 9.17) is 11.6 Å². The molecular weight excluding hydrogens is 338 g/mol. The number of carbonyl (C=O) groups is 1. The minimum atomic E-state index is -3.61. The van der Waals surface area contributed by atoms with Gasteiger partial charge in [-0.2, -0.15) is 0 Å². The van der Waals surface area contributed by atoms with Crippen molar-refractivity contribution < 1.29 is 13.2 Å². The van der Waals surface area contributed by atoms with E-state index in [0.29, 0.717) is 23.8 Å². The van der Waals surface area contributed by atoms with Crippen LogP contribution >= 0.6 is 11.6 Å². The Morgan fingerprint density at radius 1 is 1.26 bits per heavy atom. The maximum atomic E-state index is 12.7. The van der Waals surface area contributed by atoms with E-state index in [1.165, 1.54) is 0 Å². The van der Waals surface area contributed by atoms with Crippen LogP contribution in [0.4, 0.5) is 5.69 Å². The lowest BCUT2D eigenvalue weighted by atomic mass is 10.2. The van der Waals surface area contributed by atoms with Crippen molar-refractivity contribution in [1.29, 1.82) is 0 Å². The van der Waals surface area contributed by atoms with Gasteiger partial charge >= 0.3 is 0 Å². The van der Waals surface area contributed by atoms with E-state index in [0.717, 1.165) is 23.7 Å². The van der Waals surface area contributed by atoms with Crippen LogP contribution in [-0.4, -0.2) is 69.6 Å². The van der Waals surface area contributed by atoms with Gasteiger partial charge in [0.2, 0.25) is 15.9 Å². The third-order valence-corrected chi connectivity index (χ3v) is 5.42. The van der Waals surface area contributed by atoms with Gasteiger partial charge in [0.1, 0.15) is 6.04 Å². The van der Waals surface area contributed by atoms with Crippen LogP contribution in [0, 0.1) is 0 Å². The van der Waals surface area contributed by atoms with Gasteiger partial charge < -0.3 is 9.80 Å². The highest BCUT2D eigenvalue weighted by atomic mass is 35.5. The summed E-state index contributed by atoms with van der Waals surface area (Å²) in [5, 5.41) is 0.426. The molecule has 6 nitrogen and oxygen atoms in total. The molecule has 0 radical (unpaired) electrons. The van der Waals surface area contributed by atoms with Gasteiger partial charge in [-0.1, -0.05) is 17.7 Å². The van der Waals surface area contributed by atoms with Crippen LogP contribution in [0.15, 0.2) is 24.3 Å². The largest absolute Gasteiger partial charge is 0.338 e. The number of carbonyl (C=O) groups excluding carboxylic acids is 1. The number of benzene rings is 1. The van der Waals surface area contributed by atoms with Crippen molar-refractivity contribution in [2.45, 2.75) is 13.0 Å². The minimum Gasteiger partial charge on any atom is -0.338 e. The fourth-order valence-electron chi connectivity index (χ4n) is 2.71. The van der Waals surface area contributed by atoms with Gasteiger partial charge in [-0.25, -0.2) is 8.42 Å². The second-order valence-corrected chi connectivity index (χ2v) is 8.14. The molecule has 1 unspecified atom stereocenters. The Hall–Kier alpha value is -1.31. The SMILES string of the molecule is CC(C(=O)N1CCN(C)CC1)N(c1cccc(Cl)c1)S(C)(=O)=O. The van der Waals surface area contributed by atoms with Crippen molar-refractivity contribution in [3.05, 3.63) is 29.3 Å². The molecule has 0 N–H and O–H groups in total. The summed E-state index contributed by atoms with van der Waals surface area (Å²) in [5.41, 5.74) is 0.398. The molecule has 1 atom stereocenters. The molecule has 1 aliphatic heterocycles. The topological polar surface area (TPSA) is 60.9 Å². The highest BCUT2D eigenvalue weighted by Gasteiger charge is 2.33. The quantitative estimate of drug-likeness (QED) is 0.812. The molecule has 8 heteroatoms. The average Bonchev–Trinajstić information content (AvgIpc) is 2.46. The molecule has 0 spiro atoms. The summed E-state index contributed by atoms with van der Waals surface area (Å²) in [5.74, 6) is -0.191. The van der Waals surface area contributed by atoms with Gasteiger partial charge in [-0.15, -0.1) is 0 Å². The predicted molar refractivity (Wildman–Crippen MR) is 92.3 cm³/mol. The van der Waals surface area contributed by atoms with E-state index in [1.807, 2.05) is 7.05 Å². The predicted octanol–water partition coefficient (Wildman–Crippen LogP) is 1.27. The molecule has 0 bridgehead atoms. The van der Waals surface area contributed by atoms with Gasteiger partial charge in [0.15, 0.2) is 0 Å². The van der Waals surface area contributed by atoms with E-state index in [1.54, 1.807) is 36.1 Å². The van der Waals surface area contributed by atoms with E-state index < -0.39 is 16.1 Å². The number of nitrogens with zero attached hydrogens (tertiary/aromatic N) is 3. The minimum absolute atomic E-state index is 0.191. The molecule has 1 heterocycles. The molecule has 1 aromatic rings. The zero-order valence-electron chi connectivity index (χ0n) is 13.6. The molecule has 23 heavy (non-hydrogen) atoms. The van der Waals surface area contributed by atoms with Gasteiger partial charge in [-0.05, 0) is 32.2 Å². The molecular formula is C15H22ClN3O3S.